The summed E-state index contributed by atoms with van der Waals surface area (Å²) in [5.41, 5.74) is 1.14. The van der Waals surface area contributed by atoms with Gasteiger partial charge in [-0.3, -0.25) is 9.59 Å². The highest BCUT2D eigenvalue weighted by Gasteiger charge is 2.73. The van der Waals surface area contributed by atoms with Crippen molar-refractivity contribution in [3.8, 4) is 0 Å². The van der Waals surface area contributed by atoms with Crippen molar-refractivity contribution in [3.63, 3.8) is 0 Å². The van der Waals surface area contributed by atoms with Crippen LogP contribution in [0.15, 0.2) is 41.5 Å². The highest BCUT2D eigenvalue weighted by molar-refractivity contribution is 14.1. The molecule has 2 amide bonds. The molecule has 0 radical (unpaired) electrons. The molecule has 0 N–H and O–H groups in total. The third kappa shape index (κ3) is 1.74. The van der Waals surface area contributed by atoms with Crippen LogP contribution >= 0.6 is 22.6 Å². The first-order valence-electron chi connectivity index (χ1n) is 7.97. The van der Waals surface area contributed by atoms with Crippen molar-refractivity contribution >= 4 is 40.6 Å². The minimum Gasteiger partial charge on any atom is -0.272 e. The Morgan fingerprint density at radius 1 is 1.13 bits per heavy atom. The minimum atomic E-state index is -0.173. The van der Waals surface area contributed by atoms with E-state index >= 15 is 0 Å². The van der Waals surface area contributed by atoms with Crippen LogP contribution in [0.25, 0.3) is 0 Å². The van der Waals surface area contributed by atoms with Crippen molar-refractivity contribution in [1.82, 2.24) is 5.01 Å². The molecule has 3 fully saturated rings. The molecule has 2 saturated carbocycles. The summed E-state index contributed by atoms with van der Waals surface area (Å²) in [6.07, 6.45) is 8.29. The third-order valence-electron chi connectivity index (χ3n) is 6.00. The van der Waals surface area contributed by atoms with E-state index in [0.717, 1.165) is 27.0 Å². The van der Waals surface area contributed by atoms with Gasteiger partial charge >= 0.3 is 0 Å². The van der Waals surface area contributed by atoms with Crippen LogP contribution in [0.5, 0.6) is 0 Å². The van der Waals surface area contributed by atoms with E-state index in [2.05, 4.69) is 39.8 Å². The zero-order chi connectivity index (χ0) is 15.8. The van der Waals surface area contributed by atoms with Gasteiger partial charge in [0.15, 0.2) is 0 Å². The number of hydrazone groups is 1. The van der Waals surface area contributed by atoms with Crippen molar-refractivity contribution in [1.29, 1.82) is 0 Å². The van der Waals surface area contributed by atoms with Crippen molar-refractivity contribution in [2.75, 3.05) is 0 Å². The summed E-state index contributed by atoms with van der Waals surface area (Å²) in [5, 5.41) is 5.34. The van der Waals surface area contributed by atoms with E-state index in [1.54, 1.807) is 6.21 Å². The van der Waals surface area contributed by atoms with Crippen LogP contribution in [0.2, 0.25) is 0 Å². The lowest BCUT2D eigenvalue weighted by Gasteiger charge is -2.18. The van der Waals surface area contributed by atoms with Crippen LogP contribution < -0.4 is 0 Å². The molecule has 3 aliphatic carbocycles. The number of nitrogens with zero attached hydrogens (tertiary/aromatic N) is 2. The van der Waals surface area contributed by atoms with Crippen LogP contribution in [-0.4, -0.2) is 23.0 Å². The fourth-order valence-electron chi connectivity index (χ4n) is 4.89. The predicted octanol–water partition coefficient (Wildman–Crippen LogP) is 2.82. The summed E-state index contributed by atoms with van der Waals surface area (Å²) in [5.74, 6) is -0.0465. The second kappa shape index (κ2) is 4.53. The van der Waals surface area contributed by atoms with E-state index in [4.69, 9.17) is 0 Å². The topological polar surface area (TPSA) is 49.7 Å². The summed E-state index contributed by atoms with van der Waals surface area (Å²) in [4.78, 5) is 25.5. The number of benzene rings is 1. The van der Waals surface area contributed by atoms with Gasteiger partial charge in [-0.15, -0.1) is 0 Å². The molecular weight excluding hydrogens is 403 g/mol. The standard InChI is InChI=1S/C18H15IN2O2/c19-11-3-1-2-10(8-11)9-20-21-16(22)14-12-4-5-13(15(14)17(21)23)18(12)6-7-18/h1-5,8-9,12-15H,6-7H2/t12-,13-,14-,15+/m1/s1. The Morgan fingerprint density at radius 3 is 2.35 bits per heavy atom. The summed E-state index contributed by atoms with van der Waals surface area (Å²) in [6, 6.07) is 7.82. The molecule has 23 heavy (non-hydrogen) atoms. The number of carbonyl (C=O) groups excluding carboxylic acids is 2. The van der Waals surface area contributed by atoms with Crippen molar-refractivity contribution in [2.24, 2.45) is 34.2 Å². The minimum absolute atomic E-state index is 0.106. The van der Waals surface area contributed by atoms with E-state index in [9.17, 15) is 9.59 Å². The van der Waals surface area contributed by atoms with Crippen LogP contribution in [0.1, 0.15) is 18.4 Å². The molecule has 1 aromatic carbocycles. The number of fused-ring (bicyclic) bond motifs is 3. The lowest BCUT2D eigenvalue weighted by Crippen LogP contribution is -2.30. The Bertz CT molecular complexity index is 762. The molecule has 5 rings (SSSR count). The van der Waals surface area contributed by atoms with E-state index in [0.29, 0.717) is 0 Å². The van der Waals surface area contributed by atoms with Crippen molar-refractivity contribution in [3.05, 3.63) is 45.6 Å². The number of carbonyl (C=O) groups is 2. The van der Waals surface area contributed by atoms with Crippen molar-refractivity contribution in [2.45, 2.75) is 12.8 Å². The first-order chi connectivity index (χ1) is 11.1. The molecule has 4 atom stereocenters. The first-order valence-corrected chi connectivity index (χ1v) is 9.05. The van der Waals surface area contributed by atoms with E-state index in [1.807, 2.05) is 24.3 Å². The predicted molar refractivity (Wildman–Crippen MR) is 93.4 cm³/mol. The largest absolute Gasteiger partial charge is 0.272 e. The molecule has 1 aromatic rings. The number of allylic oxidation sites excluding steroid dienone is 2. The molecule has 2 bridgehead atoms. The van der Waals surface area contributed by atoms with Crippen LogP contribution in [0.4, 0.5) is 0 Å². The van der Waals surface area contributed by atoms with Crippen LogP contribution in [0.3, 0.4) is 0 Å². The summed E-state index contributed by atoms with van der Waals surface area (Å²) in [6.45, 7) is 0. The highest BCUT2D eigenvalue weighted by Crippen LogP contribution is 2.73. The van der Waals surface area contributed by atoms with Gasteiger partial charge in [0.2, 0.25) is 0 Å². The van der Waals surface area contributed by atoms with Gasteiger partial charge in [0.1, 0.15) is 0 Å². The average molecular weight is 418 g/mol. The number of amides is 2. The lowest BCUT2D eigenvalue weighted by atomic mass is 9.85. The molecule has 4 aliphatic rings. The van der Waals surface area contributed by atoms with Gasteiger partial charge < -0.3 is 0 Å². The highest BCUT2D eigenvalue weighted by atomic mass is 127. The van der Waals surface area contributed by atoms with Gasteiger partial charge in [-0.1, -0.05) is 24.3 Å². The fraction of sp³-hybridized carbons (Fsp3) is 0.389. The summed E-state index contributed by atoms with van der Waals surface area (Å²) < 4.78 is 1.10. The second-order valence-corrected chi connectivity index (χ2v) is 8.25. The number of hydrogen-bond acceptors (Lipinski definition) is 3. The number of halogens is 1. The zero-order valence-corrected chi connectivity index (χ0v) is 14.5. The molecular formula is C18H15IN2O2. The first kappa shape index (κ1) is 13.9. The summed E-state index contributed by atoms with van der Waals surface area (Å²) >= 11 is 2.23. The Morgan fingerprint density at radius 2 is 1.78 bits per heavy atom. The quantitative estimate of drug-likeness (QED) is 0.321. The Hall–Kier alpha value is -1.50. The van der Waals surface area contributed by atoms with Gasteiger partial charge in [-0.05, 0) is 70.4 Å². The normalized spacial score (nSPS) is 35.8. The molecule has 1 spiro atoms. The molecule has 1 aliphatic heterocycles. The Labute approximate surface area is 147 Å². The molecule has 116 valence electrons. The number of imide groups is 1. The second-order valence-electron chi connectivity index (χ2n) is 7.01. The average Bonchev–Trinajstić information content (AvgIpc) is 3.13. The summed E-state index contributed by atoms with van der Waals surface area (Å²) in [7, 11) is 0. The Kier molecular flexibility index (Phi) is 2.73. The van der Waals surface area contributed by atoms with Crippen molar-refractivity contribution < 1.29 is 9.59 Å². The SMILES string of the molecule is O=C1[C@@H]2[C@H](C(=O)N1N=Cc1cccc(I)c1)[C@H]1C=C[C@H]2C12CC2. The molecule has 1 heterocycles. The fourth-order valence-corrected chi connectivity index (χ4v) is 5.46. The third-order valence-corrected chi connectivity index (χ3v) is 6.67. The van der Waals surface area contributed by atoms with E-state index in [-0.39, 0.29) is 40.9 Å². The van der Waals surface area contributed by atoms with Crippen LogP contribution in [-0.2, 0) is 9.59 Å². The van der Waals surface area contributed by atoms with Crippen LogP contribution in [0, 0.1) is 32.7 Å². The lowest BCUT2D eigenvalue weighted by molar-refractivity contribution is -0.141. The maximum atomic E-state index is 12.7. The Balaban J connectivity index is 1.44. The molecule has 4 nitrogen and oxygen atoms in total. The molecule has 0 unspecified atom stereocenters. The van der Waals surface area contributed by atoms with Gasteiger partial charge in [0.05, 0.1) is 18.1 Å². The monoisotopic (exact) mass is 418 g/mol. The molecule has 1 saturated heterocycles. The van der Waals surface area contributed by atoms with Gasteiger partial charge in [0, 0.05) is 3.57 Å². The molecule has 5 heteroatoms. The molecule has 0 aromatic heterocycles. The maximum Gasteiger partial charge on any atom is 0.254 e. The number of rotatable bonds is 2. The van der Waals surface area contributed by atoms with E-state index in [1.165, 1.54) is 0 Å². The van der Waals surface area contributed by atoms with Gasteiger partial charge in [0.25, 0.3) is 11.8 Å². The zero-order valence-electron chi connectivity index (χ0n) is 12.4. The van der Waals surface area contributed by atoms with Gasteiger partial charge in [-0.2, -0.15) is 10.1 Å². The van der Waals surface area contributed by atoms with E-state index < -0.39 is 0 Å². The smallest absolute Gasteiger partial charge is 0.254 e. The maximum absolute atomic E-state index is 12.7. The number of hydrogen-bond donors (Lipinski definition) is 0. The van der Waals surface area contributed by atoms with Gasteiger partial charge in [-0.25, -0.2) is 0 Å².